The van der Waals surface area contributed by atoms with Gasteiger partial charge in [-0.1, -0.05) is 48.9 Å². The standard InChI is InChI=1S/C28H28N4O2/c1-4-17-34-26-16-11-21(18-27(26)33-3)19-29-32-28(30-23-13-9-20(2)10-14-23)25-15-12-22-7-5-6-8-24(22)31-25/h5-16,18-19H,4,17H2,1-3H3,(H,30,32)/b29-19+. The van der Waals surface area contributed by atoms with E-state index in [4.69, 9.17) is 19.5 Å². The number of amidine groups is 1. The van der Waals surface area contributed by atoms with Gasteiger partial charge in [-0.15, -0.1) is 0 Å². The maximum absolute atomic E-state index is 5.73. The largest absolute Gasteiger partial charge is 0.493 e. The summed E-state index contributed by atoms with van der Waals surface area (Å²) >= 11 is 0. The maximum atomic E-state index is 5.73. The number of ether oxygens (including phenoxy) is 2. The second-order valence-corrected chi connectivity index (χ2v) is 7.81. The number of hydrogen-bond acceptors (Lipinski definition) is 5. The van der Waals surface area contributed by atoms with Crippen molar-refractivity contribution in [2.45, 2.75) is 20.3 Å². The number of rotatable bonds is 8. The highest BCUT2D eigenvalue weighted by Crippen LogP contribution is 2.27. The number of pyridine rings is 1. The highest BCUT2D eigenvalue weighted by Gasteiger charge is 2.08. The number of hydrazone groups is 1. The monoisotopic (exact) mass is 452 g/mol. The molecule has 1 heterocycles. The van der Waals surface area contributed by atoms with Crippen LogP contribution in [-0.4, -0.2) is 30.8 Å². The number of nitrogens with zero attached hydrogens (tertiary/aromatic N) is 3. The van der Waals surface area contributed by atoms with E-state index in [0.717, 1.165) is 34.3 Å². The van der Waals surface area contributed by atoms with Crippen LogP contribution >= 0.6 is 0 Å². The van der Waals surface area contributed by atoms with Crippen LogP contribution in [-0.2, 0) is 0 Å². The number of aryl methyl sites for hydroxylation is 1. The number of para-hydroxylation sites is 1. The van der Waals surface area contributed by atoms with E-state index < -0.39 is 0 Å². The Bertz CT molecular complexity index is 1310. The van der Waals surface area contributed by atoms with E-state index in [1.165, 1.54) is 5.56 Å². The number of methoxy groups -OCH3 is 1. The predicted octanol–water partition coefficient (Wildman–Crippen LogP) is 6.04. The number of fused-ring (bicyclic) bond motifs is 1. The second kappa shape index (κ2) is 11.1. The van der Waals surface area contributed by atoms with Crippen molar-refractivity contribution < 1.29 is 9.47 Å². The molecule has 0 fully saturated rings. The fourth-order valence-corrected chi connectivity index (χ4v) is 3.35. The van der Waals surface area contributed by atoms with E-state index in [9.17, 15) is 0 Å². The predicted molar refractivity (Wildman–Crippen MR) is 139 cm³/mol. The van der Waals surface area contributed by atoms with E-state index in [0.29, 0.717) is 23.9 Å². The maximum Gasteiger partial charge on any atom is 0.173 e. The molecule has 0 saturated heterocycles. The van der Waals surface area contributed by atoms with Gasteiger partial charge in [-0.25, -0.2) is 9.98 Å². The third-order valence-electron chi connectivity index (χ3n) is 5.15. The van der Waals surface area contributed by atoms with E-state index in [-0.39, 0.29) is 0 Å². The van der Waals surface area contributed by atoms with Crippen molar-refractivity contribution in [2.75, 3.05) is 13.7 Å². The topological polar surface area (TPSA) is 68.1 Å². The lowest BCUT2D eigenvalue weighted by Gasteiger charge is -2.10. The number of nitrogens with one attached hydrogen (secondary N) is 1. The van der Waals surface area contributed by atoms with Crippen molar-refractivity contribution in [3.05, 3.63) is 95.7 Å². The Hall–Kier alpha value is -4.19. The van der Waals surface area contributed by atoms with Gasteiger partial charge >= 0.3 is 0 Å². The first-order valence-electron chi connectivity index (χ1n) is 11.3. The van der Waals surface area contributed by atoms with Gasteiger partial charge in [0.15, 0.2) is 17.3 Å². The summed E-state index contributed by atoms with van der Waals surface area (Å²) in [4.78, 5) is 9.55. The Balaban J connectivity index is 1.62. The average Bonchev–Trinajstić information content (AvgIpc) is 2.88. The lowest BCUT2D eigenvalue weighted by Crippen LogP contribution is -2.20. The smallest absolute Gasteiger partial charge is 0.173 e. The molecule has 0 amide bonds. The highest BCUT2D eigenvalue weighted by molar-refractivity contribution is 6.00. The molecule has 34 heavy (non-hydrogen) atoms. The number of aromatic nitrogens is 1. The third kappa shape index (κ3) is 5.78. The normalized spacial score (nSPS) is 11.7. The minimum atomic E-state index is 0.556. The van der Waals surface area contributed by atoms with Gasteiger partial charge in [-0.2, -0.15) is 5.10 Å². The van der Waals surface area contributed by atoms with E-state index >= 15 is 0 Å². The van der Waals surface area contributed by atoms with Crippen LogP contribution in [0.5, 0.6) is 11.5 Å². The Morgan fingerprint density at radius 2 is 1.79 bits per heavy atom. The lowest BCUT2D eigenvalue weighted by molar-refractivity contribution is 0.294. The quantitative estimate of drug-likeness (QED) is 0.201. The summed E-state index contributed by atoms with van der Waals surface area (Å²) in [7, 11) is 1.63. The van der Waals surface area contributed by atoms with Gasteiger partial charge < -0.3 is 9.47 Å². The molecule has 0 aliphatic heterocycles. The van der Waals surface area contributed by atoms with Crippen molar-refractivity contribution in [1.82, 2.24) is 10.4 Å². The SMILES string of the molecule is CCCOc1ccc(/C=N/NC(=Nc2ccc(C)cc2)c2ccc3ccccc3n2)cc1OC. The lowest BCUT2D eigenvalue weighted by atomic mass is 10.2. The molecule has 1 aromatic heterocycles. The summed E-state index contributed by atoms with van der Waals surface area (Å²) in [6.45, 7) is 4.76. The molecule has 0 aliphatic rings. The molecule has 0 aliphatic carbocycles. The van der Waals surface area contributed by atoms with Gasteiger partial charge in [0.25, 0.3) is 0 Å². The van der Waals surface area contributed by atoms with Crippen LogP contribution in [0.25, 0.3) is 10.9 Å². The molecule has 172 valence electrons. The summed E-state index contributed by atoms with van der Waals surface area (Å²) in [5.41, 5.74) is 7.55. The molecular formula is C28H28N4O2. The molecule has 6 heteroatoms. The second-order valence-electron chi connectivity index (χ2n) is 7.81. The Labute approximate surface area is 200 Å². The Morgan fingerprint density at radius 3 is 2.59 bits per heavy atom. The summed E-state index contributed by atoms with van der Waals surface area (Å²) in [6, 6.07) is 25.7. The van der Waals surface area contributed by atoms with Crippen molar-refractivity contribution in [3.8, 4) is 11.5 Å². The molecule has 0 atom stereocenters. The van der Waals surface area contributed by atoms with E-state index in [2.05, 4.69) is 24.4 Å². The first-order chi connectivity index (χ1) is 16.7. The summed E-state index contributed by atoms with van der Waals surface area (Å²) in [5.74, 6) is 1.94. The molecule has 0 bridgehead atoms. The fraction of sp³-hybridized carbons (Fsp3) is 0.179. The van der Waals surface area contributed by atoms with Crippen LogP contribution in [0.15, 0.2) is 89.0 Å². The van der Waals surface area contributed by atoms with Gasteiger partial charge in [-0.05, 0) is 61.4 Å². The van der Waals surface area contributed by atoms with Gasteiger partial charge in [0, 0.05) is 5.39 Å². The summed E-state index contributed by atoms with van der Waals surface area (Å²) in [5, 5.41) is 5.51. The zero-order valence-electron chi connectivity index (χ0n) is 19.7. The minimum absolute atomic E-state index is 0.556. The van der Waals surface area contributed by atoms with Crippen molar-refractivity contribution in [2.24, 2.45) is 10.1 Å². The Kier molecular flexibility index (Phi) is 7.50. The summed E-state index contributed by atoms with van der Waals surface area (Å²) < 4.78 is 11.2. The number of hydrogen-bond donors (Lipinski definition) is 1. The first-order valence-corrected chi connectivity index (χ1v) is 11.3. The fourth-order valence-electron chi connectivity index (χ4n) is 3.35. The molecule has 0 spiro atoms. The van der Waals surface area contributed by atoms with Gasteiger partial charge in [0.05, 0.1) is 31.1 Å². The molecule has 6 nitrogen and oxygen atoms in total. The summed E-state index contributed by atoms with van der Waals surface area (Å²) in [6.07, 6.45) is 2.65. The van der Waals surface area contributed by atoms with Crippen LogP contribution in [0.2, 0.25) is 0 Å². The van der Waals surface area contributed by atoms with Gasteiger partial charge in [-0.3, -0.25) is 5.43 Å². The molecular weight excluding hydrogens is 424 g/mol. The van der Waals surface area contributed by atoms with Crippen LogP contribution in [0.1, 0.15) is 30.2 Å². The number of benzene rings is 3. The van der Waals surface area contributed by atoms with Crippen LogP contribution in [0.3, 0.4) is 0 Å². The van der Waals surface area contributed by atoms with Crippen molar-refractivity contribution in [3.63, 3.8) is 0 Å². The molecule has 4 aromatic rings. The molecule has 3 aromatic carbocycles. The zero-order valence-corrected chi connectivity index (χ0v) is 19.7. The molecule has 1 N–H and O–H groups in total. The van der Waals surface area contributed by atoms with E-state index in [1.54, 1.807) is 13.3 Å². The molecule has 4 rings (SSSR count). The van der Waals surface area contributed by atoms with Crippen molar-refractivity contribution >= 4 is 28.6 Å². The molecule has 0 saturated carbocycles. The zero-order chi connectivity index (χ0) is 23.8. The Morgan fingerprint density at radius 1 is 0.971 bits per heavy atom. The van der Waals surface area contributed by atoms with Crippen LogP contribution < -0.4 is 14.9 Å². The number of aliphatic imine (C=N–C) groups is 1. The van der Waals surface area contributed by atoms with Crippen LogP contribution in [0, 0.1) is 6.92 Å². The van der Waals surface area contributed by atoms with Gasteiger partial charge in [0.1, 0.15) is 5.69 Å². The van der Waals surface area contributed by atoms with Gasteiger partial charge in [0.2, 0.25) is 0 Å². The third-order valence-corrected chi connectivity index (χ3v) is 5.15. The minimum Gasteiger partial charge on any atom is -0.493 e. The highest BCUT2D eigenvalue weighted by atomic mass is 16.5. The average molecular weight is 453 g/mol. The van der Waals surface area contributed by atoms with Crippen molar-refractivity contribution in [1.29, 1.82) is 0 Å². The van der Waals surface area contributed by atoms with Crippen LogP contribution in [0.4, 0.5) is 5.69 Å². The molecule has 0 radical (unpaired) electrons. The van der Waals surface area contributed by atoms with E-state index in [1.807, 2.05) is 78.9 Å². The first kappa shape index (κ1) is 23.0. The molecule has 0 unspecified atom stereocenters.